The summed E-state index contributed by atoms with van der Waals surface area (Å²) in [5.41, 5.74) is -1.62. The van der Waals surface area contributed by atoms with Crippen molar-refractivity contribution in [3.8, 4) is 0 Å². The summed E-state index contributed by atoms with van der Waals surface area (Å²) < 4.78 is 4.82. The van der Waals surface area contributed by atoms with E-state index in [2.05, 4.69) is 12.6 Å². The highest BCUT2D eigenvalue weighted by molar-refractivity contribution is 7.80. The van der Waals surface area contributed by atoms with Crippen molar-refractivity contribution in [3.05, 3.63) is 0 Å². The van der Waals surface area contributed by atoms with E-state index < -0.39 is 17.3 Å². The first-order valence-electron chi connectivity index (χ1n) is 4.94. The van der Waals surface area contributed by atoms with Gasteiger partial charge in [0.15, 0.2) is 0 Å². The zero-order chi connectivity index (χ0) is 12.3. The van der Waals surface area contributed by atoms with Crippen LogP contribution in [0, 0.1) is 0 Å². The minimum absolute atomic E-state index is 0.104. The predicted octanol–water partition coefficient (Wildman–Crippen LogP) is 0.204. The van der Waals surface area contributed by atoms with Crippen LogP contribution in [0.3, 0.4) is 0 Å². The Morgan fingerprint density at radius 3 is 1.73 bits per heavy atom. The standard InChI is InChI=1S/C5H12O2S.C5H10O2/c1-5(2,7)4(6)3-8;1-5(2,6)4-3-7-4/h4,6-8H,3H2,1-2H3;4,6H,3H2,1-2H3. The third-order valence-electron chi connectivity index (χ3n) is 2.11. The van der Waals surface area contributed by atoms with Gasteiger partial charge in [-0.3, -0.25) is 0 Å². The molecule has 1 aliphatic heterocycles. The Kier molecular flexibility index (Phi) is 5.57. The van der Waals surface area contributed by atoms with Gasteiger partial charge in [-0.15, -0.1) is 0 Å². The van der Waals surface area contributed by atoms with Gasteiger partial charge in [-0.05, 0) is 27.7 Å². The average Bonchev–Trinajstić information content (AvgIpc) is 2.82. The summed E-state index contributed by atoms with van der Waals surface area (Å²) in [5.74, 6) is 0.295. The summed E-state index contributed by atoms with van der Waals surface area (Å²) in [6.07, 6.45) is -0.627. The number of thiol groups is 1. The molecular weight excluding hydrogens is 216 g/mol. The lowest BCUT2D eigenvalue weighted by Crippen LogP contribution is -2.36. The molecule has 1 aliphatic rings. The van der Waals surface area contributed by atoms with Gasteiger partial charge < -0.3 is 20.1 Å². The topological polar surface area (TPSA) is 73.2 Å². The van der Waals surface area contributed by atoms with Gasteiger partial charge in [0, 0.05) is 5.75 Å². The molecule has 1 fully saturated rings. The molecule has 5 heteroatoms. The Labute approximate surface area is 96.7 Å². The van der Waals surface area contributed by atoms with Gasteiger partial charge >= 0.3 is 0 Å². The lowest BCUT2D eigenvalue weighted by Gasteiger charge is -2.22. The fraction of sp³-hybridized carbons (Fsp3) is 1.00. The maximum absolute atomic E-state index is 9.03. The van der Waals surface area contributed by atoms with Gasteiger partial charge in [0.05, 0.1) is 23.9 Å². The van der Waals surface area contributed by atoms with Gasteiger partial charge in [-0.2, -0.15) is 12.6 Å². The van der Waals surface area contributed by atoms with Gasteiger partial charge in [-0.1, -0.05) is 0 Å². The maximum atomic E-state index is 9.03. The van der Waals surface area contributed by atoms with E-state index in [0.717, 1.165) is 6.61 Å². The zero-order valence-electron chi connectivity index (χ0n) is 9.77. The molecule has 0 amide bonds. The number of rotatable bonds is 3. The molecule has 3 N–H and O–H groups in total. The molecule has 0 spiro atoms. The monoisotopic (exact) mass is 238 g/mol. The fourth-order valence-corrected chi connectivity index (χ4v) is 1.13. The van der Waals surface area contributed by atoms with E-state index in [1.165, 1.54) is 0 Å². The predicted molar refractivity (Wildman–Crippen MR) is 62.2 cm³/mol. The third-order valence-corrected chi connectivity index (χ3v) is 2.46. The normalized spacial score (nSPS) is 22.8. The third kappa shape index (κ3) is 7.14. The fourth-order valence-electron chi connectivity index (χ4n) is 0.679. The molecule has 4 nitrogen and oxygen atoms in total. The van der Waals surface area contributed by atoms with Crippen LogP contribution in [0.1, 0.15) is 27.7 Å². The molecule has 1 heterocycles. The molecule has 2 unspecified atom stereocenters. The summed E-state index contributed by atoms with van der Waals surface area (Å²) in [4.78, 5) is 0. The molecule has 0 radical (unpaired) electrons. The number of aliphatic hydroxyl groups is 3. The summed E-state index contributed by atoms with van der Waals surface area (Å²) >= 11 is 3.80. The Balaban J connectivity index is 0.000000262. The van der Waals surface area contributed by atoms with E-state index in [1.54, 1.807) is 27.7 Å². The summed E-state index contributed by atoms with van der Waals surface area (Å²) in [5, 5.41) is 26.9. The smallest absolute Gasteiger partial charge is 0.109 e. The molecule has 0 aromatic heterocycles. The summed E-state index contributed by atoms with van der Waals surface area (Å²) in [6, 6.07) is 0. The Morgan fingerprint density at radius 1 is 1.33 bits per heavy atom. The number of epoxide rings is 1. The largest absolute Gasteiger partial charge is 0.389 e. The van der Waals surface area contributed by atoms with E-state index >= 15 is 0 Å². The molecular formula is C10H22O4S. The molecule has 0 aromatic carbocycles. The van der Waals surface area contributed by atoms with Gasteiger partial charge in [0.2, 0.25) is 0 Å². The SMILES string of the molecule is CC(C)(O)C(O)CS.CC(C)(O)C1CO1. The van der Waals surface area contributed by atoms with Crippen molar-refractivity contribution in [2.45, 2.75) is 51.1 Å². The van der Waals surface area contributed by atoms with Crippen LogP contribution in [0.2, 0.25) is 0 Å². The molecule has 0 aromatic rings. The highest BCUT2D eigenvalue weighted by Gasteiger charge is 2.37. The number of hydrogen-bond acceptors (Lipinski definition) is 5. The first kappa shape index (κ1) is 15.2. The van der Waals surface area contributed by atoms with Crippen LogP contribution in [0.25, 0.3) is 0 Å². The van der Waals surface area contributed by atoms with Crippen molar-refractivity contribution in [2.24, 2.45) is 0 Å². The van der Waals surface area contributed by atoms with Crippen molar-refractivity contribution in [3.63, 3.8) is 0 Å². The molecule has 1 rings (SSSR count). The van der Waals surface area contributed by atoms with Crippen LogP contribution >= 0.6 is 12.6 Å². The Bertz CT molecular complexity index is 179. The quantitative estimate of drug-likeness (QED) is 0.419. The second-order valence-corrected chi connectivity index (χ2v) is 5.19. The highest BCUT2D eigenvalue weighted by Crippen LogP contribution is 2.22. The molecule has 1 saturated heterocycles. The average molecular weight is 238 g/mol. The van der Waals surface area contributed by atoms with Crippen LogP contribution in [0.15, 0.2) is 0 Å². The lowest BCUT2D eigenvalue weighted by atomic mass is 10.0. The van der Waals surface area contributed by atoms with Crippen molar-refractivity contribution in [2.75, 3.05) is 12.4 Å². The van der Waals surface area contributed by atoms with Crippen molar-refractivity contribution in [1.82, 2.24) is 0 Å². The second-order valence-electron chi connectivity index (χ2n) is 4.83. The number of hydrogen-bond donors (Lipinski definition) is 4. The van der Waals surface area contributed by atoms with Crippen molar-refractivity contribution >= 4 is 12.6 Å². The molecule has 2 atom stereocenters. The number of aliphatic hydroxyl groups excluding tert-OH is 1. The minimum Gasteiger partial charge on any atom is -0.389 e. The first-order chi connectivity index (χ1) is 6.59. The van der Waals surface area contributed by atoms with Gasteiger partial charge in [0.25, 0.3) is 0 Å². The van der Waals surface area contributed by atoms with Crippen LogP contribution in [-0.4, -0.2) is 51.1 Å². The molecule has 0 saturated carbocycles. The van der Waals surface area contributed by atoms with E-state index in [4.69, 9.17) is 20.1 Å². The number of ether oxygens (including phenoxy) is 1. The molecule has 92 valence electrons. The van der Waals surface area contributed by atoms with E-state index in [9.17, 15) is 0 Å². The van der Waals surface area contributed by atoms with Crippen LogP contribution in [0.5, 0.6) is 0 Å². The van der Waals surface area contributed by atoms with Crippen LogP contribution in [-0.2, 0) is 4.74 Å². The zero-order valence-corrected chi connectivity index (χ0v) is 10.7. The molecule has 15 heavy (non-hydrogen) atoms. The van der Waals surface area contributed by atoms with Gasteiger partial charge in [0.1, 0.15) is 6.10 Å². The van der Waals surface area contributed by atoms with E-state index in [-0.39, 0.29) is 6.10 Å². The van der Waals surface area contributed by atoms with Gasteiger partial charge in [-0.25, -0.2) is 0 Å². The summed E-state index contributed by atoms with van der Waals surface area (Å²) in [6.45, 7) is 7.33. The van der Waals surface area contributed by atoms with E-state index in [0.29, 0.717) is 5.75 Å². The van der Waals surface area contributed by atoms with Crippen LogP contribution < -0.4 is 0 Å². The Hall–Kier alpha value is 0.190. The van der Waals surface area contributed by atoms with Crippen molar-refractivity contribution < 1.29 is 20.1 Å². The first-order valence-corrected chi connectivity index (χ1v) is 5.57. The maximum Gasteiger partial charge on any atom is 0.109 e. The Morgan fingerprint density at radius 2 is 1.73 bits per heavy atom. The molecule has 0 bridgehead atoms. The minimum atomic E-state index is -1.01. The highest BCUT2D eigenvalue weighted by atomic mass is 32.1. The van der Waals surface area contributed by atoms with Crippen molar-refractivity contribution in [1.29, 1.82) is 0 Å². The second kappa shape index (κ2) is 5.50. The van der Waals surface area contributed by atoms with E-state index in [1.807, 2.05) is 0 Å². The molecule has 0 aliphatic carbocycles. The lowest BCUT2D eigenvalue weighted by molar-refractivity contribution is -0.0348. The van der Waals surface area contributed by atoms with Crippen LogP contribution in [0.4, 0.5) is 0 Å². The summed E-state index contributed by atoms with van der Waals surface area (Å²) in [7, 11) is 0.